The number of nitrogens with one attached hydrogen (secondary N) is 1. The van der Waals surface area contributed by atoms with Crippen molar-refractivity contribution in [1.82, 2.24) is 4.90 Å². The lowest BCUT2D eigenvalue weighted by Crippen LogP contribution is -2.40. The summed E-state index contributed by atoms with van der Waals surface area (Å²) in [6, 6.07) is 16.9. The van der Waals surface area contributed by atoms with E-state index in [-0.39, 0.29) is 36.4 Å². The molecule has 3 N–H and O–H groups in total. The number of anilines is 1. The SMILES string of the molecule is I.NC(=NCC(=O)N1CCC(Cc2ccccc2)CC1)Nc1ccc2c(c1)CCC2. The number of aliphatic imine (C=N–C) groups is 1. The summed E-state index contributed by atoms with van der Waals surface area (Å²) in [7, 11) is 0. The third-order valence-corrected chi connectivity index (χ3v) is 6.09. The first-order chi connectivity index (χ1) is 14.2. The highest BCUT2D eigenvalue weighted by Crippen LogP contribution is 2.25. The van der Waals surface area contributed by atoms with E-state index in [1.54, 1.807) is 0 Å². The normalized spacial score (nSPS) is 16.7. The second kappa shape index (κ2) is 10.8. The molecule has 0 saturated carbocycles. The van der Waals surface area contributed by atoms with E-state index in [9.17, 15) is 4.79 Å². The number of fused-ring (bicyclic) bond motifs is 1. The van der Waals surface area contributed by atoms with Crippen LogP contribution in [-0.2, 0) is 24.1 Å². The van der Waals surface area contributed by atoms with Crippen molar-refractivity contribution in [3.8, 4) is 0 Å². The Morgan fingerprint density at radius 3 is 2.57 bits per heavy atom. The van der Waals surface area contributed by atoms with Crippen LogP contribution in [0.15, 0.2) is 53.5 Å². The van der Waals surface area contributed by atoms with Gasteiger partial charge in [-0.05, 0) is 73.3 Å². The van der Waals surface area contributed by atoms with Gasteiger partial charge in [-0.3, -0.25) is 4.79 Å². The van der Waals surface area contributed by atoms with Crippen LogP contribution in [-0.4, -0.2) is 36.4 Å². The van der Waals surface area contributed by atoms with Crippen LogP contribution >= 0.6 is 24.0 Å². The molecule has 2 aromatic rings. The molecular weight excluding hydrogens is 487 g/mol. The van der Waals surface area contributed by atoms with Crippen molar-refractivity contribution in [3.05, 3.63) is 65.2 Å². The number of carbonyl (C=O) groups excluding carboxylic acids is 1. The molecule has 1 aliphatic carbocycles. The largest absolute Gasteiger partial charge is 0.370 e. The highest BCUT2D eigenvalue weighted by molar-refractivity contribution is 14.0. The lowest BCUT2D eigenvalue weighted by atomic mass is 9.90. The van der Waals surface area contributed by atoms with E-state index in [0.717, 1.165) is 50.9 Å². The molecule has 0 unspecified atom stereocenters. The summed E-state index contributed by atoms with van der Waals surface area (Å²) in [5.74, 6) is 1.01. The fourth-order valence-electron chi connectivity index (χ4n) is 4.42. The van der Waals surface area contributed by atoms with E-state index in [0.29, 0.717) is 11.9 Å². The van der Waals surface area contributed by atoms with Gasteiger partial charge in [0.05, 0.1) is 0 Å². The molecule has 1 heterocycles. The first-order valence-corrected chi connectivity index (χ1v) is 10.7. The van der Waals surface area contributed by atoms with Crippen molar-refractivity contribution < 1.29 is 4.79 Å². The van der Waals surface area contributed by atoms with Gasteiger partial charge >= 0.3 is 0 Å². The predicted molar refractivity (Wildman–Crippen MR) is 133 cm³/mol. The summed E-state index contributed by atoms with van der Waals surface area (Å²) in [5, 5.41) is 3.12. The number of rotatable bonds is 5. The number of nitrogens with zero attached hydrogens (tertiary/aromatic N) is 2. The van der Waals surface area contributed by atoms with E-state index in [1.807, 2.05) is 11.0 Å². The van der Waals surface area contributed by atoms with Crippen LogP contribution < -0.4 is 11.1 Å². The van der Waals surface area contributed by atoms with Gasteiger partial charge in [-0.25, -0.2) is 4.99 Å². The highest BCUT2D eigenvalue weighted by Gasteiger charge is 2.22. The van der Waals surface area contributed by atoms with E-state index >= 15 is 0 Å². The Labute approximate surface area is 196 Å². The minimum atomic E-state index is 0. The maximum absolute atomic E-state index is 12.5. The van der Waals surface area contributed by atoms with Gasteiger partial charge in [-0.1, -0.05) is 36.4 Å². The van der Waals surface area contributed by atoms with Gasteiger partial charge in [0.1, 0.15) is 6.54 Å². The third-order valence-electron chi connectivity index (χ3n) is 6.09. The van der Waals surface area contributed by atoms with E-state index < -0.39 is 0 Å². The van der Waals surface area contributed by atoms with Gasteiger partial charge in [0.2, 0.25) is 5.91 Å². The summed E-state index contributed by atoms with van der Waals surface area (Å²) >= 11 is 0. The first kappa shape index (κ1) is 22.6. The van der Waals surface area contributed by atoms with Crippen LogP contribution in [0.3, 0.4) is 0 Å². The average molecular weight is 518 g/mol. The van der Waals surface area contributed by atoms with Gasteiger partial charge in [0, 0.05) is 18.8 Å². The number of hydrogen-bond donors (Lipinski definition) is 2. The van der Waals surface area contributed by atoms with Crippen LogP contribution in [0.5, 0.6) is 0 Å². The lowest BCUT2D eigenvalue weighted by Gasteiger charge is -2.31. The number of hydrogen-bond acceptors (Lipinski definition) is 2. The lowest BCUT2D eigenvalue weighted by molar-refractivity contribution is -0.130. The molecule has 1 fully saturated rings. The van der Waals surface area contributed by atoms with Crippen molar-refractivity contribution in [2.24, 2.45) is 16.6 Å². The number of guanidine groups is 1. The zero-order valence-corrected chi connectivity index (χ0v) is 19.7. The molecule has 30 heavy (non-hydrogen) atoms. The Morgan fingerprint density at radius 2 is 1.80 bits per heavy atom. The molecule has 160 valence electrons. The molecule has 0 spiro atoms. The first-order valence-electron chi connectivity index (χ1n) is 10.7. The second-order valence-corrected chi connectivity index (χ2v) is 8.18. The molecule has 0 aromatic heterocycles. The molecule has 1 saturated heterocycles. The van der Waals surface area contributed by atoms with E-state index in [4.69, 9.17) is 5.73 Å². The van der Waals surface area contributed by atoms with Crippen LogP contribution in [0, 0.1) is 5.92 Å². The van der Waals surface area contributed by atoms with Crippen molar-refractivity contribution in [2.75, 3.05) is 25.0 Å². The molecule has 0 atom stereocenters. The Hall–Kier alpha value is -2.09. The number of benzene rings is 2. The summed E-state index contributed by atoms with van der Waals surface area (Å²) < 4.78 is 0. The van der Waals surface area contributed by atoms with Crippen molar-refractivity contribution in [1.29, 1.82) is 0 Å². The summed E-state index contributed by atoms with van der Waals surface area (Å²) in [6.07, 6.45) is 6.70. The molecule has 2 aliphatic rings. The van der Waals surface area contributed by atoms with Crippen molar-refractivity contribution >= 4 is 41.5 Å². The van der Waals surface area contributed by atoms with Crippen LogP contribution in [0.4, 0.5) is 5.69 Å². The average Bonchev–Trinajstić information content (AvgIpc) is 3.21. The topological polar surface area (TPSA) is 70.7 Å². The molecule has 2 aromatic carbocycles. The fraction of sp³-hybridized carbons (Fsp3) is 0.417. The van der Waals surface area contributed by atoms with Gasteiger partial charge in [-0.15, -0.1) is 24.0 Å². The highest BCUT2D eigenvalue weighted by atomic mass is 127. The minimum absolute atomic E-state index is 0. The fourth-order valence-corrected chi connectivity index (χ4v) is 4.42. The summed E-state index contributed by atoms with van der Waals surface area (Å²) in [4.78, 5) is 18.7. The smallest absolute Gasteiger partial charge is 0.244 e. The summed E-state index contributed by atoms with van der Waals surface area (Å²) in [6.45, 7) is 1.72. The number of aryl methyl sites for hydroxylation is 2. The van der Waals surface area contributed by atoms with Crippen LogP contribution in [0.25, 0.3) is 0 Å². The number of likely N-dealkylation sites (tertiary alicyclic amines) is 1. The minimum Gasteiger partial charge on any atom is -0.370 e. The number of nitrogens with two attached hydrogens (primary N) is 1. The Balaban J connectivity index is 0.00000256. The molecule has 0 bridgehead atoms. The predicted octanol–water partition coefficient (Wildman–Crippen LogP) is 4.00. The number of halogens is 1. The zero-order chi connectivity index (χ0) is 20.1. The van der Waals surface area contributed by atoms with E-state index in [1.165, 1.54) is 23.1 Å². The maximum Gasteiger partial charge on any atom is 0.244 e. The Morgan fingerprint density at radius 1 is 1.07 bits per heavy atom. The molecule has 1 aliphatic heterocycles. The third kappa shape index (κ3) is 5.97. The molecule has 4 rings (SSSR count). The molecular formula is C24H31IN4O. The molecule has 1 amide bonds. The monoisotopic (exact) mass is 518 g/mol. The standard InChI is InChI=1S/C24H30N4O.HI/c25-24(27-22-10-9-20-7-4-8-21(20)16-22)26-17-23(29)28-13-11-19(12-14-28)15-18-5-2-1-3-6-18;/h1-3,5-6,9-10,16,19H,4,7-8,11-15,17H2,(H3,25,26,27);1H. The quantitative estimate of drug-likeness (QED) is 0.357. The Kier molecular flexibility index (Phi) is 8.13. The van der Waals surface area contributed by atoms with Crippen LogP contribution in [0.2, 0.25) is 0 Å². The van der Waals surface area contributed by atoms with Gasteiger partial charge < -0.3 is 16.0 Å². The van der Waals surface area contributed by atoms with E-state index in [2.05, 4.69) is 52.8 Å². The number of piperidine rings is 1. The summed E-state index contributed by atoms with van der Waals surface area (Å²) in [5.41, 5.74) is 11.1. The number of carbonyl (C=O) groups is 1. The van der Waals surface area contributed by atoms with Crippen LogP contribution in [0.1, 0.15) is 36.0 Å². The number of amides is 1. The van der Waals surface area contributed by atoms with Gasteiger partial charge in [0.25, 0.3) is 0 Å². The van der Waals surface area contributed by atoms with Crippen molar-refractivity contribution in [3.63, 3.8) is 0 Å². The Bertz CT molecular complexity index is 876. The van der Waals surface area contributed by atoms with Gasteiger partial charge in [0.15, 0.2) is 5.96 Å². The second-order valence-electron chi connectivity index (χ2n) is 8.18. The maximum atomic E-state index is 12.5. The molecule has 5 nitrogen and oxygen atoms in total. The van der Waals surface area contributed by atoms with Gasteiger partial charge in [-0.2, -0.15) is 0 Å². The molecule has 0 radical (unpaired) electrons. The zero-order valence-electron chi connectivity index (χ0n) is 17.3. The van der Waals surface area contributed by atoms with Crippen molar-refractivity contribution in [2.45, 2.75) is 38.5 Å². The molecule has 6 heteroatoms.